The van der Waals surface area contributed by atoms with Gasteiger partial charge in [0.2, 0.25) is 0 Å². The van der Waals surface area contributed by atoms with E-state index in [1.165, 1.54) is 18.2 Å². The fraction of sp³-hybridized carbons (Fsp3) is 0.364. The van der Waals surface area contributed by atoms with Gasteiger partial charge in [0.1, 0.15) is 0 Å². The molecule has 0 unspecified atom stereocenters. The van der Waals surface area contributed by atoms with E-state index in [0.29, 0.717) is 29.5 Å². The zero-order valence-corrected chi connectivity index (χ0v) is 16.5. The molecule has 0 fully saturated rings. The molecule has 0 aromatic heterocycles. The molecule has 3 rings (SSSR count). The molecule has 2 aromatic rings. The molecule has 2 amide bonds. The fourth-order valence-electron chi connectivity index (χ4n) is 3.41. The maximum Gasteiger partial charge on any atom is 0.258 e. The van der Waals surface area contributed by atoms with Gasteiger partial charge >= 0.3 is 0 Å². The molecule has 0 atom stereocenters. The van der Waals surface area contributed by atoms with Crippen LogP contribution in [0, 0.1) is 0 Å². The number of methoxy groups -OCH3 is 1. The summed E-state index contributed by atoms with van der Waals surface area (Å²) in [5.41, 5.74) is 9.08. The first-order chi connectivity index (χ1) is 13.4. The zero-order valence-electron chi connectivity index (χ0n) is 16.5. The molecule has 1 aliphatic heterocycles. The third-order valence-electron chi connectivity index (χ3n) is 4.91. The highest BCUT2D eigenvalue weighted by atomic mass is 16.5. The number of carbonyl (C=O) groups is 2. The van der Waals surface area contributed by atoms with Gasteiger partial charge in [0.15, 0.2) is 18.1 Å². The maximum absolute atomic E-state index is 13.2. The first-order valence-corrected chi connectivity index (χ1v) is 9.44. The van der Waals surface area contributed by atoms with Crippen molar-refractivity contribution in [3.05, 3.63) is 53.1 Å². The second kappa shape index (κ2) is 8.33. The smallest absolute Gasteiger partial charge is 0.258 e. The van der Waals surface area contributed by atoms with Crippen LogP contribution in [-0.4, -0.2) is 32.1 Å². The molecular formula is C22H26N2O4. The van der Waals surface area contributed by atoms with Crippen molar-refractivity contribution in [2.45, 2.75) is 32.6 Å². The predicted molar refractivity (Wildman–Crippen MR) is 108 cm³/mol. The van der Waals surface area contributed by atoms with Crippen molar-refractivity contribution >= 4 is 17.5 Å². The molecule has 6 heteroatoms. The molecule has 1 aliphatic rings. The number of ether oxygens (including phenoxy) is 2. The lowest BCUT2D eigenvalue weighted by Gasteiger charge is -2.30. The number of fused-ring (bicyclic) bond motifs is 1. The van der Waals surface area contributed by atoms with E-state index in [0.717, 1.165) is 18.5 Å². The highest BCUT2D eigenvalue weighted by Crippen LogP contribution is 2.33. The number of aryl methyl sites for hydroxylation is 1. The summed E-state index contributed by atoms with van der Waals surface area (Å²) in [6.45, 7) is 4.76. The Balaban J connectivity index is 1.88. The Morgan fingerprint density at radius 1 is 1.14 bits per heavy atom. The van der Waals surface area contributed by atoms with Crippen LogP contribution in [0.4, 0.5) is 5.69 Å². The normalized spacial score (nSPS) is 13.2. The van der Waals surface area contributed by atoms with Crippen molar-refractivity contribution in [2.24, 2.45) is 5.73 Å². The van der Waals surface area contributed by atoms with Crippen molar-refractivity contribution < 1.29 is 19.1 Å². The number of amides is 2. The Morgan fingerprint density at radius 2 is 1.93 bits per heavy atom. The molecule has 148 valence electrons. The van der Waals surface area contributed by atoms with Crippen LogP contribution in [0.3, 0.4) is 0 Å². The van der Waals surface area contributed by atoms with E-state index in [1.807, 2.05) is 11.0 Å². The van der Waals surface area contributed by atoms with Crippen molar-refractivity contribution in [3.8, 4) is 11.5 Å². The van der Waals surface area contributed by atoms with Crippen molar-refractivity contribution in [3.63, 3.8) is 0 Å². The van der Waals surface area contributed by atoms with E-state index < -0.39 is 5.91 Å². The largest absolute Gasteiger partial charge is 0.493 e. The summed E-state index contributed by atoms with van der Waals surface area (Å²) in [7, 11) is 1.49. The van der Waals surface area contributed by atoms with Gasteiger partial charge in [-0.15, -0.1) is 0 Å². The molecule has 0 radical (unpaired) electrons. The Morgan fingerprint density at radius 3 is 2.61 bits per heavy atom. The average Bonchev–Trinajstić information content (AvgIpc) is 2.70. The average molecular weight is 382 g/mol. The molecular weight excluding hydrogens is 356 g/mol. The lowest BCUT2D eigenvalue weighted by Crippen LogP contribution is -2.35. The highest BCUT2D eigenvalue weighted by molar-refractivity contribution is 6.07. The third kappa shape index (κ3) is 4.11. The summed E-state index contributed by atoms with van der Waals surface area (Å²) in [5, 5.41) is 0. The first kappa shape index (κ1) is 19.7. The van der Waals surface area contributed by atoms with Crippen LogP contribution in [0.1, 0.15) is 47.7 Å². The van der Waals surface area contributed by atoms with Crippen LogP contribution >= 0.6 is 0 Å². The number of nitrogens with zero attached hydrogens (tertiary/aromatic N) is 1. The molecule has 6 nitrogen and oxygen atoms in total. The summed E-state index contributed by atoms with van der Waals surface area (Å²) in [4.78, 5) is 25.9. The molecule has 0 saturated carbocycles. The Bertz CT molecular complexity index is 892. The van der Waals surface area contributed by atoms with Crippen LogP contribution in [0.2, 0.25) is 0 Å². The number of anilines is 1. The van der Waals surface area contributed by atoms with Crippen molar-refractivity contribution in [1.29, 1.82) is 0 Å². The van der Waals surface area contributed by atoms with E-state index in [2.05, 4.69) is 26.0 Å². The van der Waals surface area contributed by atoms with Crippen LogP contribution in [0.5, 0.6) is 11.5 Å². The van der Waals surface area contributed by atoms with Gasteiger partial charge in [0.25, 0.3) is 11.8 Å². The number of benzene rings is 2. The topological polar surface area (TPSA) is 81.9 Å². The molecule has 0 aliphatic carbocycles. The Labute approximate surface area is 165 Å². The number of hydrogen-bond donors (Lipinski definition) is 1. The summed E-state index contributed by atoms with van der Waals surface area (Å²) < 4.78 is 10.7. The third-order valence-corrected chi connectivity index (χ3v) is 4.91. The van der Waals surface area contributed by atoms with Gasteiger partial charge in [-0.1, -0.05) is 26.0 Å². The van der Waals surface area contributed by atoms with Gasteiger partial charge in [-0.2, -0.15) is 0 Å². The van der Waals surface area contributed by atoms with E-state index >= 15 is 0 Å². The summed E-state index contributed by atoms with van der Waals surface area (Å²) in [5.74, 6) is 0.553. The fourth-order valence-corrected chi connectivity index (χ4v) is 3.41. The molecule has 28 heavy (non-hydrogen) atoms. The Hall–Kier alpha value is -3.02. The Kier molecular flexibility index (Phi) is 5.87. The number of rotatable bonds is 6. The van der Waals surface area contributed by atoms with Gasteiger partial charge in [-0.05, 0) is 54.2 Å². The van der Waals surface area contributed by atoms with Gasteiger partial charge in [-0.3, -0.25) is 9.59 Å². The number of hydrogen-bond acceptors (Lipinski definition) is 4. The van der Waals surface area contributed by atoms with Crippen LogP contribution < -0.4 is 20.1 Å². The summed E-state index contributed by atoms with van der Waals surface area (Å²) >= 11 is 0. The molecule has 0 bridgehead atoms. The first-order valence-electron chi connectivity index (χ1n) is 9.44. The lowest BCUT2D eigenvalue weighted by molar-refractivity contribution is -0.119. The van der Waals surface area contributed by atoms with E-state index in [4.69, 9.17) is 15.2 Å². The minimum absolute atomic E-state index is 0.0852. The molecule has 1 heterocycles. The standard InChI is InChI=1S/C22H26N2O4/c1-14(2)15-6-8-18-16(11-15)5-4-10-24(18)22(26)17-7-9-19(20(12-17)27-3)28-13-21(23)25/h6-9,11-12,14H,4-5,10,13H2,1-3H3,(H2,23,25). The zero-order chi connectivity index (χ0) is 20.3. The maximum atomic E-state index is 13.2. The monoisotopic (exact) mass is 382 g/mol. The van der Waals surface area contributed by atoms with E-state index in [9.17, 15) is 9.59 Å². The van der Waals surface area contributed by atoms with Gasteiger partial charge in [0.05, 0.1) is 7.11 Å². The molecule has 2 N–H and O–H groups in total. The summed E-state index contributed by atoms with van der Waals surface area (Å²) in [6.07, 6.45) is 1.90. The van der Waals surface area contributed by atoms with Gasteiger partial charge < -0.3 is 20.1 Å². The lowest BCUT2D eigenvalue weighted by atomic mass is 9.94. The van der Waals surface area contributed by atoms with Gasteiger partial charge in [0, 0.05) is 17.8 Å². The van der Waals surface area contributed by atoms with Crippen molar-refractivity contribution in [1.82, 2.24) is 0 Å². The second-order valence-corrected chi connectivity index (χ2v) is 7.22. The quantitative estimate of drug-likeness (QED) is 0.831. The minimum atomic E-state index is -0.576. The number of primary amides is 1. The van der Waals surface area contributed by atoms with Gasteiger partial charge in [-0.25, -0.2) is 0 Å². The van der Waals surface area contributed by atoms with E-state index in [1.54, 1.807) is 18.2 Å². The van der Waals surface area contributed by atoms with Crippen LogP contribution in [-0.2, 0) is 11.2 Å². The summed E-state index contributed by atoms with van der Waals surface area (Å²) in [6, 6.07) is 11.3. The predicted octanol–water partition coefficient (Wildman–Crippen LogP) is 3.28. The SMILES string of the molecule is COc1cc(C(=O)N2CCCc3cc(C(C)C)ccc32)ccc1OCC(N)=O. The number of carbonyl (C=O) groups excluding carboxylic acids is 2. The van der Waals surface area contributed by atoms with Crippen LogP contribution in [0.15, 0.2) is 36.4 Å². The molecule has 0 spiro atoms. The highest BCUT2D eigenvalue weighted by Gasteiger charge is 2.25. The van der Waals surface area contributed by atoms with Crippen LogP contribution in [0.25, 0.3) is 0 Å². The number of nitrogens with two attached hydrogens (primary N) is 1. The van der Waals surface area contributed by atoms with Crippen molar-refractivity contribution in [2.75, 3.05) is 25.2 Å². The second-order valence-electron chi connectivity index (χ2n) is 7.22. The van der Waals surface area contributed by atoms with E-state index in [-0.39, 0.29) is 12.5 Å². The molecule has 0 saturated heterocycles. The minimum Gasteiger partial charge on any atom is -0.493 e. The molecule has 2 aromatic carbocycles.